The Hall–Kier alpha value is -0.860. The number of hydrogen-bond donors (Lipinski definition) is 2. The molecule has 1 aliphatic heterocycles. The molecule has 2 nitrogen and oxygen atoms in total. The summed E-state index contributed by atoms with van der Waals surface area (Å²) in [6.45, 7) is 5.12. The van der Waals surface area contributed by atoms with E-state index in [-0.39, 0.29) is 1.43 Å². The van der Waals surface area contributed by atoms with Gasteiger partial charge in [0.05, 0.1) is 0 Å². The highest BCUT2D eigenvalue weighted by molar-refractivity contribution is 5.19. The number of nitrogens with one attached hydrogen (secondary N) is 2. The van der Waals surface area contributed by atoms with Gasteiger partial charge in [0, 0.05) is 13.5 Å². The summed E-state index contributed by atoms with van der Waals surface area (Å²) in [6, 6.07) is 11.9. The van der Waals surface area contributed by atoms with Crippen molar-refractivity contribution < 1.29 is 1.43 Å². The molecule has 0 aliphatic carbocycles. The van der Waals surface area contributed by atoms with Crippen LogP contribution in [0.1, 0.15) is 39.7 Å². The predicted octanol–water partition coefficient (Wildman–Crippen LogP) is 2.97. The Balaban J connectivity index is 0.000000811. The van der Waals surface area contributed by atoms with Crippen LogP contribution >= 0.6 is 0 Å². The molecule has 1 fully saturated rings. The average Bonchev–Trinajstić information content (AvgIpc) is 2.42. The van der Waals surface area contributed by atoms with E-state index in [0.717, 1.165) is 6.54 Å². The van der Waals surface area contributed by atoms with E-state index < -0.39 is 0 Å². The molecule has 1 aliphatic rings. The summed E-state index contributed by atoms with van der Waals surface area (Å²) in [5, 5.41) is 6.92. The topological polar surface area (TPSA) is 24.1 Å². The second kappa shape index (κ2) is 7.42. The maximum absolute atomic E-state index is 3.56. The summed E-state index contributed by atoms with van der Waals surface area (Å²) in [7, 11) is 2.05. The van der Waals surface area contributed by atoms with Crippen molar-refractivity contribution in [1.29, 1.82) is 0 Å². The van der Waals surface area contributed by atoms with Gasteiger partial charge in [-0.25, -0.2) is 0 Å². The fourth-order valence-corrected chi connectivity index (χ4v) is 2.12. The number of piperidine rings is 1. The maximum atomic E-state index is 3.56. The zero-order chi connectivity index (χ0) is 11.8. The molecule has 0 radical (unpaired) electrons. The molecular formula is C14H26N2. The molecule has 16 heavy (non-hydrogen) atoms. The molecule has 0 unspecified atom stereocenters. The van der Waals surface area contributed by atoms with Crippen LogP contribution < -0.4 is 10.6 Å². The summed E-state index contributed by atoms with van der Waals surface area (Å²) < 4.78 is 0. The summed E-state index contributed by atoms with van der Waals surface area (Å²) in [5.74, 6) is 0. The molecule has 2 atom stereocenters. The number of hydrogen-bond acceptors (Lipinski definition) is 2. The lowest BCUT2D eigenvalue weighted by Crippen LogP contribution is -2.40. The summed E-state index contributed by atoms with van der Waals surface area (Å²) in [6.07, 6.45) is 2.43. The molecule has 1 saturated heterocycles. The largest absolute Gasteiger partial charge is 0.317 e. The normalized spacial score (nSPS) is 24.4. The maximum Gasteiger partial charge on any atom is 0.0335 e. The lowest BCUT2D eigenvalue weighted by Gasteiger charge is -2.30. The van der Waals surface area contributed by atoms with Gasteiger partial charge in [0.15, 0.2) is 0 Å². The minimum absolute atomic E-state index is 0. The van der Waals surface area contributed by atoms with Crippen molar-refractivity contribution in [3.8, 4) is 0 Å². The number of benzene rings is 1. The Labute approximate surface area is 101 Å². The first-order chi connectivity index (χ1) is 7.90. The third kappa shape index (κ3) is 3.62. The van der Waals surface area contributed by atoms with Crippen LogP contribution in [0.4, 0.5) is 0 Å². The molecule has 2 heteroatoms. The third-order valence-corrected chi connectivity index (χ3v) is 3.01. The Morgan fingerprint density at radius 1 is 1.25 bits per heavy atom. The standard InChI is InChI=1S/C12H18N2.C2H6.H2/c1-13-11-7-8-14-12(9-11)10-5-3-2-4-6-10;1-2;/h2-6,11-14H,7-9H2,1H3;1-2H3;1H/t11-,12+;;/m1../s1. The summed E-state index contributed by atoms with van der Waals surface area (Å²) in [4.78, 5) is 0. The molecule has 1 heterocycles. The van der Waals surface area contributed by atoms with Gasteiger partial charge in [-0.2, -0.15) is 0 Å². The third-order valence-electron chi connectivity index (χ3n) is 3.01. The highest BCUT2D eigenvalue weighted by Gasteiger charge is 2.20. The molecule has 2 rings (SSSR count). The van der Waals surface area contributed by atoms with E-state index in [9.17, 15) is 0 Å². The van der Waals surface area contributed by atoms with E-state index >= 15 is 0 Å². The number of rotatable bonds is 2. The van der Waals surface area contributed by atoms with E-state index in [1.54, 1.807) is 0 Å². The van der Waals surface area contributed by atoms with Crippen LogP contribution in [-0.2, 0) is 0 Å². The van der Waals surface area contributed by atoms with Crippen molar-refractivity contribution >= 4 is 0 Å². The van der Waals surface area contributed by atoms with E-state index in [1.165, 1.54) is 18.4 Å². The Morgan fingerprint density at radius 2 is 1.94 bits per heavy atom. The Bertz CT molecular complexity index is 277. The van der Waals surface area contributed by atoms with Crippen molar-refractivity contribution in [3.05, 3.63) is 35.9 Å². The van der Waals surface area contributed by atoms with Crippen LogP contribution in [0.15, 0.2) is 30.3 Å². The van der Waals surface area contributed by atoms with Crippen LogP contribution in [0.25, 0.3) is 0 Å². The van der Waals surface area contributed by atoms with Gasteiger partial charge in [-0.05, 0) is 32.0 Å². The van der Waals surface area contributed by atoms with E-state index in [2.05, 4.69) is 48.0 Å². The molecule has 2 N–H and O–H groups in total. The van der Waals surface area contributed by atoms with Crippen molar-refractivity contribution in [2.75, 3.05) is 13.6 Å². The molecular weight excluding hydrogens is 196 g/mol. The first kappa shape index (κ1) is 13.2. The average molecular weight is 222 g/mol. The fourth-order valence-electron chi connectivity index (χ4n) is 2.12. The first-order valence-corrected chi connectivity index (χ1v) is 6.36. The monoisotopic (exact) mass is 222 g/mol. The van der Waals surface area contributed by atoms with Crippen LogP contribution in [0.5, 0.6) is 0 Å². The first-order valence-electron chi connectivity index (χ1n) is 6.36. The Kier molecular flexibility index (Phi) is 6.12. The molecule has 0 amide bonds. The minimum Gasteiger partial charge on any atom is -0.317 e. The SMILES string of the molecule is CC.CN[C@@H]1CCN[C@H](c2ccccc2)C1.[HH]. The predicted molar refractivity (Wildman–Crippen MR) is 72.7 cm³/mol. The van der Waals surface area contributed by atoms with Crippen LogP contribution in [0.2, 0.25) is 0 Å². The van der Waals surface area contributed by atoms with Gasteiger partial charge >= 0.3 is 0 Å². The van der Waals surface area contributed by atoms with Gasteiger partial charge in [-0.15, -0.1) is 0 Å². The fraction of sp³-hybridized carbons (Fsp3) is 0.571. The molecule has 0 aromatic heterocycles. The molecule has 92 valence electrons. The van der Waals surface area contributed by atoms with Crippen molar-refractivity contribution in [1.82, 2.24) is 10.6 Å². The molecule has 0 spiro atoms. The van der Waals surface area contributed by atoms with Gasteiger partial charge in [-0.3, -0.25) is 0 Å². The second-order valence-electron chi connectivity index (χ2n) is 3.93. The molecule has 0 bridgehead atoms. The lowest BCUT2D eigenvalue weighted by atomic mass is 9.94. The van der Waals surface area contributed by atoms with Crippen LogP contribution in [0.3, 0.4) is 0 Å². The van der Waals surface area contributed by atoms with Crippen molar-refractivity contribution in [2.24, 2.45) is 0 Å². The van der Waals surface area contributed by atoms with E-state index in [4.69, 9.17) is 0 Å². The quantitative estimate of drug-likeness (QED) is 0.804. The smallest absolute Gasteiger partial charge is 0.0335 e. The molecule has 0 saturated carbocycles. The molecule has 1 aromatic carbocycles. The molecule has 1 aromatic rings. The summed E-state index contributed by atoms with van der Waals surface area (Å²) >= 11 is 0. The zero-order valence-electron chi connectivity index (χ0n) is 10.7. The van der Waals surface area contributed by atoms with Gasteiger partial charge < -0.3 is 10.6 Å². The summed E-state index contributed by atoms with van der Waals surface area (Å²) in [5.41, 5.74) is 1.41. The minimum atomic E-state index is 0. The Morgan fingerprint density at radius 3 is 2.56 bits per heavy atom. The second-order valence-corrected chi connectivity index (χ2v) is 3.93. The van der Waals surface area contributed by atoms with Gasteiger partial charge in [0.1, 0.15) is 0 Å². The zero-order valence-corrected chi connectivity index (χ0v) is 10.7. The van der Waals surface area contributed by atoms with Gasteiger partial charge in [-0.1, -0.05) is 44.2 Å². The van der Waals surface area contributed by atoms with E-state index in [1.807, 2.05) is 13.8 Å². The highest BCUT2D eigenvalue weighted by Crippen LogP contribution is 2.22. The van der Waals surface area contributed by atoms with Crippen molar-refractivity contribution in [3.63, 3.8) is 0 Å². The van der Waals surface area contributed by atoms with Crippen molar-refractivity contribution in [2.45, 2.75) is 38.8 Å². The van der Waals surface area contributed by atoms with Gasteiger partial charge in [0.25, 0.3) is 0 Å². The highest BCUT2D eigenvalue weighted by atomic mass is 15.0. The van der Waals surface area contributed by atoms with E-state index in [0.29, 0.717) is 12.1 Å². The van der Waals surface area contributed by atoms with Gasteiger partial charge in [0.2, 0.25) is 0 Å². The lowest BCUT2D eigenvalue weighted by molar-refractivity contribution is 0.337. The van der Waals surface area contributed by atoms with Crippen LogP contribution in [-0.4, -0.2) is 19.6 Å². The van der Waals surface area contributed by atoms with Crippen LogP contribution in [0, 0.1) is 0 Å².